The topological polar surface area (TPSA) is 82.0 Å². The Morgan fingerprint density at radius 1 is 1.22 bits per heavy atom. The monoisotopic (exact) mass is 428 g/mol. The van der Waals surface area contributed by atoms with Gasteiger partial charge in [-0.15, -0.1) is 0 Å². The SMILES string of the molecule is CCOc1cc(C(=O)N(C)Cc2cccc3cn[nH]c23)ccc1-c1cc(F)cc(C#N)c1. The molecule has 0 atom stereocenters. The van der Waals surface area contributed by atoms with Gasteiger partial charge in [-0.25, -0.2) is 4.39 Å². The Morgan fingerprint density at radius 2 is 2.06 bits per heavy atom. The first-order valence-electron chi connectivity index (χ1n) is 10.1. The van der Waals surface area contributed by atoms with Crippen LogP contribution < -0.4 is 4.74 Å². The standard InChI is InChI=1S/C25H21FN4O2/c1-3-32-23-12-17(7-8-22(23)20-9-16(13-27)10-21(26)11-20)25(31)30(2)15-19-6-4-5-18-14-28-29-24(18)19/h4-12,14H,3,15H2,1-2H3,(H,28,29). The molecule has 32 heavy (non-hydrogen) atoms. The van der Waals surface area contributed by atoms with Gasteiger partial charge < -0.3 is 9.64 Å². The minimum Gasteiger partial charge on any atom is -0.493 e. The molecule has 0 unspecified atom stereocenters. The third kappa shape index (κ3) is 4.16. The number of amides is 1. The molecule has 1 amide bonds. The summed E-state index contributed by atoms with van der Waals surface area (Å²) in [6, 6.07) is 17.0. The Morgan fingerprint density at radius 3 is 2.84 bits per heavy atom. The van der Waals surface area contributed by atoms with Gasteiger partial charge >= 0.3 is 0 Å². The van der Waals surface area contributed by atoms with Crippen molar-refractivity contribution < 1.29 is 13.9 Å². The van der Waals surface area contributed by atoms with Crippen molar-refractivity contribution >= 4 is 16.8 Å². The number of fused-ring (bicyclic) bond motifs is 1. The number of nitrogens with zero attached hydrogens (tertiary/aromatic N) is 3. The Labute approximate surface area is 184 Å². The van der Waals surface area contributed by atoms with E-state index in [2.05, 4.69) is 10.2 Å². The van der Waals surface area contributed by atoms with Gasteiger partial charge in [0.1, 0.15) is 11.6 Å². The summed E-state index contributed by atoms with van der Waals surface area (Å²) in [4.78, 5) is 14.7. The predicted octanol–water partition coefficient (Wildman–Crippen LogP) is 4.91. The van der Waals surface area contributed by atoms with Gasteiger partial charge in [0.05, 0.1) is 30.0 Å². The highest BCUT2D eigenvalue weighted by atomic mass is 19.1. The summed E-state index contributed by atoms with van der Waals surface area (Å²) in [5, 5.41) is 17.2. The predicted molar refractivity (Wildman–Crippen MR) is 120 cm³/mol. The summed E-state index contributed by atoms with van der Waals surface area (Å²) in [6.45, 7) is 2.62. The van der Waals surface area contributed by atoms with Crippen molar-refractivity contribution in [3.05, 3.63) is 83.3 Å². The average molecular weight is 428 g/mol. The van der Waals surface area contributed by atoms with Gasteiger partial charge in [0.15, 0.2) is 0 Å². The number of hydrogen-bond acceptors (Lipinski definition) is 4. The van der Waals surface area contributed by atoms with Gasteiger partial charge in [0, 0.05) is 30.1 Å². The number of nitrogens with one attached hydrogen (secondary N) is 1. The lowest BCUT2D eigenvalue weighted by Gasteiger charge is -2.19. The molecule has 0 aliphatic rings. The van der Waals surface area contributed by atoms with Crippen molar-refractivity contribution in [2.45, 2.75) is 13.5 Å². The van der Waals surface area contributed by atoms with Gasteiger partial charge in [-0.3, -0.25) is 9.89 Å². The maximum absolute atomic E-state index is 14.0. The molecule has 4 aromatic rings. The average Bonchev–Trinajstić information content (AvgIpc) is 3.28. The molecule has 0 saturated carbocycles. The number of carbonyl (C=O) groups is 1. The van der Waals surface area contributed by atoms with E-state index in [0.717, 1.165) is 16.5 Å². The molecule has 0 spiro atoms. The third-order valence-corrected chi connectivity index (χ3v) is 5.18. The van der Waals surface area contributed by atoms with Gasteiger partial charge in [-0.05, 0) is 54.4 Å². The second kappa shape index (κ2) is 8.90. The van der Waals surface area contributed by atoms with E-state index in [-0.39, 0.29) is 11.5 Å². The van der Waals surface area contributed by atoms with E-state index >= 15 is 0 Å². The first-order valence-corrected chi connectivity index (χ1v) is 10.1. The van der Waals surface area contributed by atoms with Crippen LogP contribution in [-0.2, 0) is 6.54 Å². The molecule has 0 radical (unpaired) electrons. The smallest absolute Gasteiger partial charge is 0.254 e. The number of carbonyl (C=O) groups excluding carboxylic acids is 1. The van der Waals surface area contributed by atoms with Crippen LogP contribution in [-0.4, -0.2) is 34.7 Å². The summed E-state index contributed by atoms with van der Waals surface area (Å²) in [5.74, 6) is -0.225. The lowest BCUT2D eigenvalue weighted by Crippen LogP contribution is -2.26. The van der Waals surface area contributed by atoms with E-state index in [1.165, 1.54) is 12.1 Å². The van der Waals surface area contributed by atoms with Crippen LogP contribution in [0.4, 0.5) is 4.39 Å². The summed E-state index contributed by atoms with van der Waals surface area (Å²) in [7, 11) is 1.73. The van der Waals surface area contributed by atoms with E-state index in [9.17, 15) is 9.18 Å². The zero-order chi connectivity index (χ0) is 22.7. The zero-order valence-electron chi connectivity index (χ0n) is 17.7. The molecule has 6 nitrogen and oxygen atoms in total. The largest absolute Gasteiger partial charge is 0.493 e. The minimum absolute atomic E-state index is 0.175. The Kier molecular flexibility index (Phi) is 5.86. The molecule has 1 heterocycles. The lowest BCUT2D eigenvalue weighted by atomic mass is 10.00. The molecule has 3 aromatic carbocycles. The fourth-order valence-corrected chi connectivity index (χ4v) is 3.69. The number of nitriles is 1. The molecule has 1 aromatic heterocycles. The first-order chi connectivity index (χ1) is 15.5. The minimum atomic E-state index is -0.505. The van der Waals surface area contributed by atoms with Gasteiger partial charge in [-0.1, -0.05) is 18.2 Å². The lowest BCUT2D eigenvalue weighted by molar-refractivity contribution is 0.0785. The Hall–Kier alpha value is -4.18. The highest BCUT2D eigenvalue weighted by molar-refractivity contribution is 5.96. The van der Waals surface area contributed by atoms with Crippen LogP contribution in [0, 0.1) is 17.1 Å². The Balaban J connectivity index is 1.64. The van der Waals surface area contributed by atoms with Crippen molar-refractivity contribution in [2.24, 2.45) is 0 Å². The number of ether oxygens (including phenoxy) is 1. The van der Waals surface area contributed by atoms with Crippen molar-refractivity contribution in [1.29, 1.82) is 5.26 Å². The number of hydrogen-bond donors (Lipinski definition) is 1. The molecule has 1 N–H and O–H groups in total. The number of aromatic amines is 1. The van der Waals surface area contributed by atoms with E-state index < -0.39 is 5.82 Å². The maximum Gasteiger partial charge on any atom is 0.254 e. The normalized spacial score (nSPS) is 10.7. The van der Waals surface area contributed by atoms with Crippen molar-refractivity contribution in [2.75, 3.05) is 13.7 Å². The fraction of sp³-hybridized carbons (Fsp3) is 0.160. The van der Waals surface area contributed by atoms with Crippen LogP contribution in [0.2, 0.25) is 0 Å². The van der Waals surface area contributed by atoms with E-state index in [1.807, 2.05) is 31.2 Å². The second-order valence-electron chi connectivity index (χ2n) is 7.40. The maximum atomic E-state index is 14.0. The summed E-state index contributed by atoms with van der Waals surface area (Å²) in [6.07, 6.45) is 1.75. The summed E-state index contributed by atoms with van der Waals surface area (Å²) >= 11 is 0. The Bertz CT molecular complexity index is 1340. The van der Waals surface area contributed by atoms with Crippen LogP contribution in [0.5, 0.6) is 5.75 Å². The third-order valence-electron chi connectivity index (χ3n) is 5.18. The van der Waals surface area contributed by atoms with E-state index in [4.69, 9.17) is 10.00 Å². The molecular weight excluding hydrogens is 407 g/mol. The molecule has 0 fully saturated rings. The molecule has 160 valence electrons. The highest BCUT2D eigenvalue weighted by Crippen LogP contribution is 2.33. The summed E-state index contributed by atoms with van der Waals surface area (Å²) in [5.41, 5.74) is 3.66. The van der Waals surface area contributed by atoms with Crippen LogP contribution in [0.3, 0.4) is 0 Å². The van der Waals surface area contributed by atoms with Crippen molar-refractivity contribution in [1.82, 2.24) is 15.1 Å². The second-order valence-corrected chi connectivity index (χ2v) is 7.40. The van der Waals surface area contributed by atoms with E-state index in [0.29, 0.717) is 35.6 Å². The van der Waals surface area contributed by atoms with Crippen molar-refractivity contribution in [3.8, 4) is 22.9 Å². The molecule has 7 heteroatoms. The molecule has 0 aliphatic carbocycles. The van der Waals surface area contributed by atoms with Crippen LogP contribution >= 0.6 is 0 Å². The number of aromatic nitrogens is 2. The quantitative estimate of drug-likeness (QED) is 0.473. The number of benzene rings is 3. The van der Waals surface area contributed by atoms with Crippen molar-refractivity contribution in [3.63, 3.8) is 0 Å². The molecule has 0 aliphatic heterocycles. The van der Waals surface area contributed by atoms with Crippen LogP contribution in [0.1, 0.15) is 28.4 Å². The highest BCUT2D eigenvalue weighted by Gasteiger charge is 2.17. The number of H-pyrrole nitrogens is 1. The number of rotatable bonds is 6. The molecule has 0 bridgehead atoms. The fourth-order valence-electron chi connectivity index (χ4n) is 3.69. The number of halogens is 1. The van der Waals surface area contributed by atoms with Gasteiger partial charge in [0.25, 0.3) is 5.91 Å². The van der Waals surface area contributed by atoms with Crippen LogP contribution in [0.25, 0.3) is 22.0 Å². The molecule has 4 rings (SSSR count). The summed E-state index contributed by atoms with van der Waals surface area (Å²) < 4.78 is 19.7. The van der Waals surface area contributed by atoms with Crippen LogP contribution in [0.15, 0.2) is 60.8 Å². The number of para-hydroxylation sites is 1. The first kappa shape index (κ1) is 21.1. The van der Waals surface area contributed by atoms with Gasteiger partial charge in [0.2, 0.25) is 0 Å². The van der Waals surface area contributed by atoms with E-state index in [1.54, 1.807) is 42.4 Å². The zero-order valence-corrected chi connectivity index (χ0v) is 17.7. The molecule has 0 saturated heterocycles. The molecular formula is C25H21FN4O2. The van der Waals surface area contributed by atoms with Gasteiger partial charge in [-0.2, -0.15) is 10.4 Å².